The van der Waals surface area contributed by atoms with Gasteiger partial charge in [0.1, 0.15) is 0 Å². The van der Waals surface area contributed by atoms with Crippen LogP contribution in [-0.2, 0) is 0 Å². The molecular formula is C10H24Si. The monoisotopic (exact) mass is 172 g/mol. The number of unbranched alkanes of at least 4 members (excludes halogenated alkanes) is 4. The predicted octanol–water partition coefficient (Wildman–Crippen LogP) is 2.91. The second kappa shape index (κ2) is 8.31. The standard InChI is InChI=1S/C10H24Si/c1-3-5-6-7-8-9-10(11)4-2/h10H,3-9H2,1-2,11H3. The lowest BCUT2D eigenvalue weighted by Crippen LogP contribution is -1.89. The summed E-state index contributed by atoms with van der Waals surface area (Å²) < 4.78 is 0. The molecule has 1 atom stereocenters. The van der Waals surface area contributed by atoms with Crippen molar-refractivity contribution in [2.45, 2.75) is 64.3 Å². The van der Waals surface area contributed by atoms with Crippen LogP contribution in [0.4, 0.5) is 0 Å². The first-order valence-corrected chi connectivity index (χ1v) is 6.46. The molecule has 0 N–H and O–H groups in total. The SMILES string of the molecule is CCCCCCCC([SiH3])CC. The van der Waals surface area contributed by atoms with Gasteiger partial charge < -0.3 is 0 Å². The second-order valence-corrected chi connectivity index (χ2v) is 5.35. The van der Waals surface area contributed by atoms with Crippen LogP contribution in [0.5, 0.6) is 0 Å². The molecule has 0 amide bonds. The number of rotatable bonds is 7. The molecule has 11 heavy (non-hydrogen) atoms. The fourth-order valence-corrected chi connectivity index (χ4v) is 1.71. The van der Waals surface area contributed by atoms with Crippen LogP contribution in [-0.4, -0.2) is 10.2 Å². The summed E-state index contributed by atoms with van der Waals surface area (Å²) in [5.41, 5.74) is 1.09. The lowest BCUT2D eigenvalue weighted by molar-refractivity contribution is 0.585. The van der Waals surface area contributed by atoms with Crippen molar-refractivity contribution in [2.24, 2.45) is 0 Å². The Labute approximate surface area is 75.2 Å². The zero-order valence-electron chi connectivity index (χ0n) is 8.53. The van der Waals surface area contributed by atoms with Gasteiger partial charge in [-0.2, -0.15) is 0 Å². The molecule has 0 nitrogen and oxygen atoms in total. The number of hydrogen-bond donors (Lipinski definition) is 0. The van der Waals surface area contributed by atoms with E-state index in [1.165, 1.54) is 55.2 Å². The molecule has 0 saturated carbocycles. The van der Waals surface area contributed by atoms with Crippen LogP contribution in [0.3, 0.4) is 0 Å². The predicted molar refractivity (Wildman–Crippen MR) is 57.4 cm³/mol. The van der Waals surface area contributed by atoms with Gasteiger partial charge in [0.15, 0.2) is 0 Å². The summed E-state index contributed by atoms with van der Waals surface area (Å²) in [4.78, 5) is 0. The maximum atomic E-state index is 2.32. The lowest BCUT2D eigenvalue weighted by Gasteiger charge is -2.06. The van der Waals surface area contributed by atoms with Crippen LogP contribution in [0.15, 0.2) is 0 Å². The third kappa shape index (κ3) is 8.12. The maximum absolute atomic E-state index is 2.32. The minimum absolute atomic E-state index is 1.09. The molecule has 0 fully saturated rings. The first kappa shape index (κ1) is 11.2. The highest BCUT2D eigenvalue weighted by Gasteiger charge is 1.97. The van der Waals surface area contributed by atoms with E-state index in [-0.39, 0.29) is 0 Å². The van der Waals surface area contributed by atoms with Crippen molar-refractivity contribution in [1.82, 2.24) is 0 Å². The Balaban J connectivity index is 2.89. The summed E-state index contributed by atoms with van der Waals surface area (Å²) in [6.45, 7) is 4.60. The first-order chi connectivity index (χ1) is 5.31. The molecule has 0 aromatic carbocycles. The molecule has 0 spiro atoms. The van der Waals surface area contributed by atoms with E-state index in [1.54, 1.807) is 0 Å². The molecule has 0 radical (unpaired) electrons. The average molecular weight is 172 g/mol. The Hall–Kier alpha value is 0.217. The van der Waals surface area contributed by atoms with Crippen LogP contribution in [0.2, 0.25) is 5.54 Å². The van der Waals surface area contributed by atoms with Crippen molar-refractivity contribution in [3.8, 4) is 0 Å². The molecule has 0 rings (SSSR count). The molecule has 0 aliphatic rings. The van der Waals surface area contributed by atoms with Crippen LogP contribution in [0, 0.1) is 0 Å². The first-order valence-electron chi connectivity index (χ1n) is 5.31. The van der Waals surface area contributed by atoms with Gasteiger partial charge in [-0.1, -0.05) is 64.3 Å². The largest absolute Gasteiger partial charge is 0.0654 e. The molecule has 68 valence electrons. The minimum Gasteiger partial charge on any atom is -0.0654 e. The van der Waals surface area contributed by atoms with Gasteiger partial charge in [-0.15, -0.1) is 0 Å². The van der Waals surface area contributed by atoms with Gasteiger partial charge in [-0.05, 0) is 0 Å². The molecule has 1 unspecified atom stereocenters. The molecule has 0 saturated heterocycles. The molecular weight excluding hydrogens is 148 g/mol. The van der Waals surface area contributed by atoms with Crippen LogP contribution in [0.25, 0.3) is 0 Å². The quantitative estimate of drug-likeness (QED) is 0.409. The Bertz CT molecular complexity index is 71.3. The normalized spacial score (nSPS) is 13.6. The van der Waals surface area contributed by atoms with Crippen molar-refractivity contribution >= 4 is 10.2 Å². The fourth-order valence-electron chi connectivity index (χ4n) is 1.30. The van der Waals surface area contributed by atoms with Crippen molar-refractivity contribution < 1.29 is 0 Å². The van der Waals surface area contributed by atoms with Gasteiger partial charge in [0.2, 0.25) is 0 Å². The van der Waals surface area contributed by atoms with Crippen LogP contribution in [0.1, 0.15) is 58.8 Å². The molecule has 0 aliphatic carbocycles. The van der Waals surface area contributed by atoms with E-state index in [4.69, 9.17) is 0 Å². The summed E-state index contributed by atoms with van der Waals surface area (Å²) >= 11 is 0. The highest BCUT2D eigenvalue weighted by atomic mass is 28.1. The zero-order chi connectivity index (χ0) is 8.53. The van der Waals surface area contributed by atoms with Crippen LogP contribution < -0.4 is 0 Å². The maximum Gasteiger partial charge on any atom is 0.00671 e. The molecule has 0 heterocycles. The van der Waals surface area contributed by atoms with E-state index in [0.717, 1.165) is 5.54 Å². The van der Waals surface area contributed by atoms with Gasteiger partial charge in [-0.3, -0.25) is 0 Å². The molecule has 0 aliphatic heterocycles. The molecule has 0 bridgehead atoms. The van der Waals surface area contributed by atoms with E-state index in [9.17, 15) is 0 Å². The van der Waals surface area contributed by atoms with Crippen molar-refractivity contribution in [1.29, 1.82) is 0 Å². The topological polar surface area (TPSA) is 0 Å². The highest BCUT2D eigenvalue weighted by Crippen LogP contribution is 2.15. The third-order valence-electron chi connectivity index (χ3n) is 2.50. The van der Waals surface area contributed by atoms with Crippen molar-refractivity contribution in [3.05, 3.63) is 0 Å². The number of hydrogen-bond acceptors (Lipinski definition) is 0. The Morgan fingerprint density at radius 3 is 2.18 bits per heavy atom. The molecule has 0 aromatic rings. The summed E-state index contributed by atoms with van der Waals surface area (Å²) in [7, 11) is 1.41. The van der Waals surface area contributed by atoms with Crippen LogP contribution >= 0.6 is 0 Å². The van der Waals surface area contributed by atoms with Crippen molar-refractivity contribution in [3.63, 3.8) is 0 Å². The summed E-state index contributed by atoms with van der Waals surface area (Å²) in [6, 6.07) is 0. The second-order valence-electron chi connectivity index (χ2n) is 3.72. The lowest BCUT2D eigenvalue weighted by atomic mass is 10.1. The third-order valence-corrected chi connectivity index (χ3v) is 3.89. The smallest absolute Gasteiger partial charge is 0.00671 e. The van der Waals surface area contributed by atoms with E-state index in [0.29, 0.717) is 0 Å². The summed E-state index contributed by atoms with van der Waals surface area (Å²) in [5.74, 6) is 0. The minimum atomic E-state index is 1.09. The zero-order valence-corrected chi connectivity index (χ0v) is 10.5. The highest BCUT2D eigenvalue weighted by molar-refractivity contribution is 6.11. The Kier molecular flexibility index (Phi) is 8.48. The summed E-state index contributed by atoms with van der Waals surface area (Å²) in [6.07, 6.45) is 10.2. The Morgan fingerprint density at radius 1 is 1.00 bits per heavy atom. The van der Waals surface area contributed by atoms with Crippen molar-refractivity contribution in [2.75, 3.05) is 0 Å². The van der Waals surface area contributed by atoms with Gasteiger partial charge in [0.05, 0.1) is 0 Å². The Morgan fingerprint density at radius 2 is 1.64 bits per heavy atom. The van der Waals surface area contributed by atoms with Gasteiger partial charge in [0.25, 0.3) is 0 Å². The van der Waals surface area contributed by atoms with E-state index in [1.807, 2.05) is 0 Å². The molecule has 1 heteroatoms. The van der Waals surface area contributed by atoms with E-state index >= 15 is 0 Å². The van der Waals surface area contributed by atoms with E-state index in [2.05, 4.69) is 13.8 Å². The van der Waals surface area contributed by atoms with Gasteiger partial charge in [0, 0.05) is 10.2 Å². The van der Waals surface area contributed by atoms with Gasteiger partial charge in [-0.25, -0.2) is 0 Å². The van der Waals surface area contributed by atoms with Gasteiger partial charge >= 0.3 is 0 Å². The summed E-state index contributed by atoms with van der Waals surface area (Å²) in [5, 5.41) is 0. The average Bonchev–Trinajstić information content (AvgIpc) is 2.04. The molecule has 0 aromatic heterocycles. The van der Waals surface area contributed by atoms with E-state index < -0.39 is 0 Å². The fraction of sp³-hybridized carbons (Fsp3) is 1.00.